The van der Waals surface area contributed by atoms with Crippen molar-refractivity contribution in [2.75, 3.05) is 18.4 Å². The second kappa shape index (κ2) is 6.52. The molecule has 1 aliphatic heterocycles. The summed E-state index contributed by atoms with van der Waals surface area (Å²) >= 11 is 4.87. The SMILES string of the molecule is NC(=S)Cc1ccc(NC(=O)N2CCCCC2)cc1. The van der Waals surface area contributed by atoms with E-state index >= 15 is 0 Å². The fourth-order valence-electron chi connectivity index (χ4n) is 2.21. The van der Waals surface area contributed by atoms with Gasteiger partial charge in [0.15, 0.2) is 0 Å². The molecule has 0 saturated carbocycles. The number of nitrogens with two attached hydrogens (primary N) is 1. The average molecular weight is 277 g/mol. The molecule has 1 aliphatic rings. The Kier molecular flexibility index (Phi) is 4.74. The number of nitrogens with one attached hydrogen (secondary N) is 1. The normalized spacial score (nSPS) is 15.1. The molecule has 1 aromatic carbocycles. The molecule has 1 heterocycles. The second-order valence-corrected chi connectivity index (χ2v) is 5.34. The smallest absolute Gasteiger partial charge is 0.321 e. The lowest BCUT2D eigenvalue weighted by Crippen LogP contribution is -2.38. The third-order valence-electron chi connectivity index (χ3n) is 3.23. The van der Waals surface area contributed by atoms with E-state index in [1.54, 1.807) is 0 Å². The zero-order valence-corrected chi connectivity index (χ0v) is 11.7. The first-order chi connectivity index (χ1) is 9.15. The molecule has 1 fully saturated rings. The van der Waals surface area contributed by atoms with Crippen molar-refractivity contribution in [3.8, 4) is 0 Å². The maximum atomic E-state index is 12.0. The molecular weight excluding hydrogens is 258 g/mol. The summed E-state index contributed by atoms with van der Waals surface area (Å²) in [5.41, 5.74) is 7.36. The van der Waals surface area contributed by atoms with E-state index in [1.807, 2.05) is 29.2 Å². The Hall–Kier alpha value is -1.62. The minimum atomic E-state index is -0.0122. The first-order valence-electron chi connectivity index (χ1n) is 6.58. The van der Waals surface area contributed by atoms with Gasteiger partial charge in [-0.3, -0.25) is 0 Å². The van der Waals surface area contributed by atoms with Crippen molar-refractivity contribution in [2.24, 2.45) is 5.73 Å². The van der Waals surface area contributed by atoms with Gasteiger partial charge in [0.2, 0.25) is 0 Å². The van der Waals surface area contributed by atoms with Gasteiger partial charge in [0.05, 0.1) is 4.99 Å². The fraction of sp³-hybridized carbons (Fsp3) is 0.429. The number of thiocarbonyl (C=S) groups is 1. The van der Waals surface area contributed by atoms with Crippen LogP contribution in [0.1, 0.15) is 24.8 Å². The van der Waals surface area contributed by atoms with Crippen molar-refractivity contribution in [2.45, 2.75) is 25.7 Å². The number of hydrogen-bond donors (Lipinski definition) is 2. The standard InChI is InChI=1S/C14H19N3OS/c15-13(19)10-11-4-6-12(7-5-11)16-14(18)17-8-2-1-3-9-17/h4-7H,1-3,8-10H2,(H2,15,19)(H,16,18). The Morgan fingerprint density at radius 3 is 2.42 bits per heavy atom. The molecule has 3 N–H and O–H groups in total. The van der Waals surface area contributed by atoms with E-state index in [-0.39, 0.29) is 6.03 Å². The highest BCUT2D eigenvalue weighted by Crippen LogP contribution is 2.13. The third-order valence-corrected chi connectivity index (χ3v) is 3.37. The summed E-state index contributed by atoms with van der Waals surface area (Å²) in [6, 6.07) is 7.63. The molecule has 0 radical (unpaired) electrons. The lowest BCUT2D eigenvalue weighted by molar-refractivity contribution is 0.200. The van der Waals surface area contributed by atoms with Crippen LogP contribution in [0, 0.1) is 0 Å². The quantitative estimate of drug-likeness (QED) is 0.835. The van der Waals surface area contributed by atoms with Gasteiger partial charge in [-0.2, -0.15) is 0 Å². The molecule has 2 rings (SSSR count). The molecule has 4 nitrogen and oxygen atoms in total. The predicted octanol–water partition coefficient (Wildman–Crippen LogP) is 2.53. The summed E-state index contributed by atoms with van der Waals surface area (Å²) in [6.07, 6.45) is 4.01. The van der Waals surface area contributed by atoms with Crippen LogP contribution in [0.3, 0.4) is 0 Å². The van der Waals surface area contributed by atoms with Crippen LogP contribution in [0.5, 0.6) is 0 Å². The van der Waals surface area contributed by atoms with Crippen molar-refractivity contribution in [1.29, 1.82) is 0 Å². The predicted molar refractivity (Wildman–Crippen MR) is 81.4 cm³/mol. The van der Waals surface area contributed by atoms with Gasteiger partial charge in [-0.25, -0.2) is 4.79 Å². The molecule has 0 aliphatic carbocycles. The van der Waals surface area contributed by atoms with E-state index in [0.29, 0.717) is 11.4 Å². The van der Waals surface area contributed by atoms with Gasteiger partial charge in [-0.05, 0) is 37.0 Å². The summed E-state index contributed by atoms with van der Waals surface area (Å²) in [7, 11) is 0. The molecule has 5 heteroatoms. The molecule has 0 aromatic heterocycles. The number of carbonyl (C=O) groups excluding carboxylic acids is 1. The highest BCUT2D eigenvalue weighted by molar-refractivity contribution is 7.80. The number of anilines is 1. The van der Waals surface area contributed by atoms with Crippen LogP contribution < -0.4 is 11.1 Å². The van der Waals surface area contributed by atoms with Gasteiger partial charge < -0.3 is 16.0 Å². The highest BCUT2D eigenvalue weighted by Gasteiger charge is 2.16. The summed E-state index contributed by atoms with van der Waals surface area (Å²) in [6.45, 7) is 1.71. The van der Waals surface area contributed by atoms with Gasteiger partial charge in [0, 0.05) is 25.2 Å². The molecule has 0 spiro atoms. The van der Waals surface area contributed by atoms with Gasteiger partial charge in [0.25, 0.3) is 0 Å². The second-order valence-electron chi connectivity index (χ2n) is 4.82. The summed E-state index contributed by atoms with van der Waals surface area (Å²) in [5.74, 6) is 0. The number of urea groups is 1. The Labute approximate surface area is 119 Å². The zero-order valence-electron chi connectivity index (χ0n) is 10.9. The highest BCUT2D eigenvalue weighted by atomic mass is 32.1. The maximum absolute atomic E-state index is 12.0. The monoisotopic (exact) mass is 277 g/mol. The van der Waals surface area contributed by atoms with Crippen LogP contribution in [0.2, 0.25) is 0 Å². The van der Waals surface area contributed by atoms with Gasteiger partial charge in [-0.1, -0.05) is 24.4 Å². The number of carbonyl (C=O) groups is 1. The van der Waals surface area contributed by atoms with Crippen LogP contribution >= 0.6 is 12.2 Å². The average Bonchev–Trinajstić information content (AvgIpc) is 2.41. The van der Waals surface area contributed by atoms with E-state index in [4.69, 9.17) is 18.0 Å². The van der Waals surface area contributed by atoms with Crippen molar-refractivity contribution in [3.05, 3.63) is 29.8 Å². The maximum Gasteiger partial charge on any atom is 0.321 e. The van der Waals surface area contributed by atoms with Crippen LogP contribution in [-0.2, 0) is 6.42 Å². The molecule has 19 heavy (non-hydrogen) atoms. The van der Waals surface area contributed by atoms with E-state index in [0.717, 1.165) is 37.2 Å². The molecule has 0 atom stereocenters. The van der Waals surface area contributed by atoms with E-state index in [1.165, 1.54) is 6.42 Å². The van der Waals surface area contributed by atoms with Crippen LogP contribution in [-0.4, -0.2) is 29.0 Å². The van der Waals surface area contributed by atoms with Crippen molar-refractivity contribution < 1.29 is 4.79 Å². The molecule has 0 unspecified atom stereocenters. The number of hydrogen-bond acceptors (Lipinski definition) is 2. The first kappa shape index (κ1) is 13.8. The fourth-order valence-corrected chi connectivity index (χ4v) is 2.37. The zero-order chi connectivity index (χ0) is 13.7. The van der Waals surface area contributed by atoms with E-state index in [2.05, 4.69) is 5.32 Å². The lowest BCUT2D eigenvalue weighted by Gasteiger charge is -2.26. The van der Waals surface area contributed by atoms with Gasteiger partial charge in [-0.15, -0.1) is 0 Å². The van der Waals surface area contributed by atoms with Crippen molar-refractivity contribution in [3.63, 3.8) is 0 Å². The summed E-state index contributed by atoms with van der Waals surface area (Å²) < 4.78 is 0. The number of piperidine rings is 1. The third kappa shape index (κ3) is 4.21. The van der Waals surface area contributed by atoms with Gasteiger partial charge in [0.1, 0.15) is 0 Å². The van der Waals surface area contributed by atoms with Crippen LogP contribution in [0.15, 0.2) is 24.3 Å². The van der Waals surface area contributed by atoms with Crippen LogP contribution in [0.4, 0.5) is 10.5 Å². The molecule has 0 bridgehead atoms. The number of likely N-dealkylation sites (tertiary alicyclic amines) is 1. The lowest BCUT2D eigenvalue weighted by atomic mass is 10.1. The summed E-state index contributed by atoms with van der Waals surface area (Å²) in [5, 5.41) is 2.92. The van der Waals surface area contributed by atoms with Gasteiger partial charge >= 0.3 is 6.03 Å². The molecule has 102 valence electrons. The molecular formula is C14H19N3OS. The Morgan fingerprint density at radius 1 is 1.21 bits per heavy atom. The molecule has 1 aromatic rings. The first-order valence-corrected chi connectivity index (χ1v) is 6.99. The molecule has 1 saturated heterocycles. The minimum Gasteiger partial charge on any atom is -0.393 e. The number of nitrogens with zero attached hydrogens (tertiary/aromatic N) is 1. The number of rotatable bonds is 3. The minimum absolute atomic E-state index is 0.0122. The van der Waals surface area contributed by atoms with Crippen molar-refractivity contribution in [1.82, 2.24) is 4.90 Å². The van der Waals surface area contributed by atoms with Crippen LogP contribution in [0.25, 0.3) is 0 Å². The van der Waals surface area contributed by atoms with Crippen molar-refractivity contribution >= 4 is 28.9 Å². The Bertz CT molecular complexity index is 452. The Balaban J connectivity index is 1.91. The van der Waals surface area contributed by atoms with E-state index in [9.17, 15) is 4.79 Å². The molecule has 2 amide bonds. The largest absolute Gasteiger partial charge is 0.393 e. The number of amides is 2. The summed E-state index contributed by atoms with van der Waals surface area (Å²) in [4.78, 5) is 14.3. The Morgan fingerprint density at radius 2 is 1.84 bits per heavy atom. The van der Waals surface area contributed by atoms with E-state index < -0.39 is 0 Å². The number of benzene rings is 1. The topological polar surface area (TPSA) is 58.4 Å².